The number of hydrogen-bond donors (Lipinski definition) is 2. The Bertz CT molecular complexity index is 793. The van der Waals surface area contributed by atoms with Crippen LogP contribution in [0.1, 0.15) is 48.9 Å². The van der Waals surface area contributed by atoms with Gasteiger partial charge in [-0.2, -0.15) is 0 Å². The van der Waals surface area contributed by atoms with Gasteiger partial charge in [0.05, 0.1) is 7.11 Å². The highest BCUT2D eigenvalue weighted by atomic mass is 16.5. The molecular formula is C23H31N3O2. The molecule has 28 heavy (non-hydrogen) atoms. The molecule has 1 aliphatic heterocycles. The second-order valence-electron chi connectivity index (χ2n) is 7.45. The second kappa shape index (κ2) is 9.71. The number of nitrogens with one attached hydrogen (secondary N) is 2. The number of benzene rings is 2. The minimum Gasteiger partial charge on any atom is -0.497 e. The molecule has 5 heteroatoms. The van der Waals surface area contributed by atoms with Gasteiger partial charge in [0.1, 0.15) is 11.8 Å². The molecule has 1 amide bonds. The van der Waals surface area contributed by atoms with Crippen LogP contribution < -0.4 is 15.6 Å². The zero-order valence-corrected chi connectivity index (χ0v) is 17.1. The molecule has 0 bridgehead atoms. The van der Waals surface area contributed by atoms with Gasteiger partial charge in [-0.05, 0) is 48.6 Å². The van der Waals surface area contributed by atoms with Crippen LogP contribution in [0, 0.1) is 6.92 Å². The molecule has 5 nitrogen and oxygen atoms in total. The fraction of sp³-hybridized carbons (Fsp3) is 0.435. The van der Waals surface area contributed by atoms with Crippen LogP contribution in [0.3, 0.4) is 0 Å². The van der Waals surface area contributed by atoms with Crippen molar-refractivity contribution >= 4 is 5.91 Å². The molecule has 2 aromatic carbocycles. The number of carbonyl (C=O) groups is 1. The van der Waals surface area contributed by atoms with Crippen molar-refractivity contribution in [2.24, 2.45) is 0 Å². The first-order chi connectivity index (χ1) is 13.6. The third-order valence-corrected chi connectivity index (χ3v) is 5.41. The van der Waals surface area contributed by atoms with Gasteiger partial charge in [0.25, 0.3) is 0 Å². The minimum absolute atomic E-state index is 0.0931. The van der Waals surface area contributed by atoms with Crippen molar-refractivity contribution in [1.29, 1.82) is 0 Å². The third kappa shape index (κ3) is 4.91. The minimum atomic E-state index is -0.225. The van der Waals surface area contributed by atoms with E-state index < -0.39 is 0 Å². The van der Waals surface area contributed by atoms with E-state index >= 15 is 0 Å². The van der Waals surface area contributed by atoms with Crippen LogP contribution in [0.15, 0.2) is 48.5 Å². The number of nitrogens with zero attached hydrogens (tertiary/aromatic N) is 1. The first-order valence-corrected chi connectivity index (χ1v) is 10.1. The Labute approximate surface area is 168 Å². The zero-order chi connectivity index (χ0) is 19.9. The molecule has 2 unspecified atom stereocenters. The van der Waals surface area contributed by atoms with E-state index in [2.05, 4.69) is 42.9 Å². The number of methoxy groups -OCH3 is 1. The van der Waals surface area contributed by atoms with E-state index in [1.807, 2.05) is 35.2 Å². The number of amides is 1. The summed E-state index contributed by atoms with van der Waals surface area (Å²) in [5.41, 5.74) is 10.1. The van der Waals surface area contributed by atoms with E-state index in [0.29, 0.717) is 6.54 Å². The summed E-state index contributed by atoms with van der Waals surface area (Å²) in [6.07, 6.45) is 2.81. The molecule has 3 rings (SSSR count). The lowest BCUT2D eigenvalue weighted by atomic mass is 10.0. The van der Waals surface area contributed by atoms with Crippen molar-refractivity contribution in [3.63, 3.8) is 0 Å². The maximum Gasteiger partial charge on any atom is 0.241 e. The Balaban J connectivity index is 1.69. The number of ether oxygens (including phenoxy) is 1. The molecular weight excluding hydrogens is 350 g/mol. The molecule has 0 aliphatic carbocycles. The van der Waals surface area contributed by atoms with Gasteiger partial charge in [-0.15, -0.1) is 0 Å². The predicted molar refractivity (Wildman–Crippen MR) is 112 cm³/mol. The van der Waals surface area contributed by atoms with Gasteiger partial charge >= 0.3 is 0 Å². The van der Waals surface area contributed by atoms with Gasteiger partial charge in [-0.3, -0.25) is 4.79 Å². The van der Waals surface area contributed by atoms with Gasteiger partial charge < -0.3 is 9.64 Å². The van der Waals surface area contributed by atoms with Crippen LogP contribution in [0.25, 0.3) is 0 Å². The normalized spacial score (nSPS) is 18.8. The van der Waals surface area contributed by atoms with Crippen molar-refractivity contribution in [1.82, 2.24) is 15.8 Å². The first kappa shape index (κ1) is 20.4. The monoisotopic (exact) mass is 381 g/mol. The molecule has 2 atom stereocenters. The van der Waals surface area contributed by atoms with Gasteiger partial charge in [0.2, 0.25) is 5.91 Å². The summed E-state index contributed by atoms with van der Waals surface area (Å²) < 4.78 is 5.33. The fourth-order valence-corrected chi connectivity index (χ4v) is 3.62. The van der Waals surface area contributed by atoms with Crippen LogP contribution >= 0.6 is 0 Å². The molecule has 1 heterocycles. The molecule has 0 aromatic heterocycles. The second-order valence-corrected chi connectivity index (χ2v) is 7.45. The molecule has 2 aromatic rings. The van der Waals surface area contributed by atoms with Crippen LogP contribution in [0.4, 0.5) is 0 Å². The van der Waals surface area contributed by atoms with Gasteiger partial charge in [0.15, 0.2) is 0 Å². The molecule has 150 valence electrons. The van der Waals surface area contributed by atoms with Crippen molar-refractivity contribution < 1.29 is 9.53 Å². The largest absolute Gasteiger partial charge is 0.497 e. The topological polar surface area (TPSA) is 53.6 Å². The number of hydrogen-bond acceptors (Lipinski definition) is 4. The fourth-order valence-electron chi connectivity index (χ4n) is 3.62. The third-order valence-electron chi connectivity index (χ3n) is 5.41. The number of carbonyl (C=O) groups excluding carboxylic acids is 1. The molecule has 0 saturated carbocycles. The number of unbranched alkanes of at least 4 members (excludes halogenated alkanes) is 1. The maximum absolute atomic E-state index is 13.3. The summed E-state index contributed by atoms with van der Waals surface area (Å²) in [5, 5.41) is 0. The lowest BCUT2D eigenvalue weighted by Gasteiger charge is -2.26. The molecule has 1 saturated heterocycles. The van der Waals surface area contributed by atoms with Crippen LogP contribution in [0.2, 0.25) is 0 Å². The van der Waals surface area contributed by atoms with Crippen molar-refractivity contribution in [2.75, 3.05) is 13.7 Å². The van der Waals surface area contributed by atoms with Crippen LogP contribution in [-0.4, -0.2) is 30.5 Å². The lowest BCUT2D eigenvalue weighted by Crippen LogP contribution is -2.45. The number of hydrazine groups is 1. The summed E-state index contributed by atoms with van der Waals surface area (Å²) in [7, 11) is 1.67. The molecule has 1 aliphatic rings. The highest BCUT2D eigenvalue weighted by molar-refractivity contribution is 5.82. The Morgan fingerprint density at radius 1 is 1.18 bits per heavy atom. The smallest absolute Gasteiger partial charge is 0.241 e. The van der Waals surface area contributed by atoms with E-state index in [1.54, 1.807) is 7.11 Å². The van der Waals surface area contributed by atoms with Crippen molar-refractivity contribution in [3.8, 4) is 5.75 Å². The van der Waals surface area contributed by atoms with Crippen molar-refractivity contribution in [2.45, 2.75) is 51.7 Å². The van der Waals surface area contributed by atoms with Gasteiger partial charge in [0, 0.05) is 19.1 Å². The van der Waals surface area contributed by atoms with Crippen molar-refractivity contribution in [3.05, 3.63) is 65.2 Å². The quantitative estimate of drug-likeness (QED) is 0.731. The summed E-state index contributed by atoms with van der Waals surface area (Å²) in [6, 6.07) is 16.2. The van der Waals surface area contributed by atoms with Gasteiger partial charge in [-0.25, -0.2) is 10.9 Å². The Morgan fingerprint density at radius 2 is 2.00 bits per heavy atom. The SMILES string of the molecule is CCCCN(Cc1ccccc1C)C(=O)C1CC(c2cccc(OC)c2)NN1. The summed E-state index contributed by atoms with van der Waals surface area (Å²) >= 11 is 0. The molecule has 2 N–H and O–H groups in total. The lowest BCUT2D eigenvalue weighted by molar-refractivity contribution is -0.133. The highest BCUT2D eigenvalue weighted by Gasteiger charge is 2.33. The number of aryl methyl sites for hydroxylation is 1. The summed E-state index contributed by atoms with van der Waals surface area (Å²) in [5.74, 6) is 0.993. The highest BCUT2D eigenvalue weighted by Crippen LogP contribution is 2.26. The Hall–Kier alpha value is -2.37. The maximum atomic E-state index is 13.3. The van der Waals surface area contributed by atoms with Crippen LogP contribution in [-0.2, 0) is 11.3 Å². The van der Waals surface area contributed by atoms with E-state index in [1.165, 1.54) is 11.1 Å². The van der Waals surface area contributed by atoms with E-state index in [4.69, 9.17) is 4.74 Å². The van der Waals surface area contributed by atoms with E-state index in [0.717, 1.165) is 37.1 Å². The average molecular weight is 382 g/mol. The van der Waals surface area contributed by atoms with E-state index in [-0.39, 0.29) is 18.0 Å². The molecule has 0 radical (unpaired) electrons. The number of rotatable bonds is 8. The standard InChI is InChI=1S/C23H31N3O2/c1-4-5-13-26(16-19-10-7-6-9-17(19)2)23(27)22-15-21(24-25-22)18-11-8-12-20(14-18)28-3/h6-12,14,21-22,24-25H,4-5,13,15-16H2,1-3H3. The van der Waals surface area contributed by atoms with E-state index in [9.17, 15) is 4.79 Å². The first-order valence-electron chi connectivity index (χ1n) is 10.1. The molecule has 0 spiro atoms. The Morgan fingerprint density at radius 3 is 2.75 bits per heavy atom. The predicted octanol–water partition coefficient (Wildman–Crippen LogP) is 3.74. The van der Waals surface area contributed by atoms with Gasteiger partial charge in [-0.1, -0.05) is 49.7 Å². The average Bonchev–Trinajstić information content (AvgIpc) is 3.22. The Kier molecular flexibility index (Phi) is 7.06. The zero-order valence-electron chi connectivity index (χ0n) is 17.1. The summed E-state index contributed by atoms with van der Waals surface area (Å²) in [4.78, 5) is 15.3. The molecule has 1 fully saturated rings. The van der Waals surface area contributed by atoms with Crippen LogP contribution in [0.5, 0.6) is 5.75 Å². The summed E-state index contributed by atoms with van der Waals surface area (Å²) in [6.45, 7) is 5.70.